The Morgan fingerprint density at radius 2 is 1.91 bits per heavy atom. The predicted molar refractivity (Wildman–Crippen MR) is 86.5 cm³/mol. The molecule has 0 bridgehead atoms. The second-order valence-corrected chi connectivity index (χ2v) is 7.30. The van der Waals surface area contributed by atoms with Crippen LogP contribution in [0.2, 0.25) is 5.02 Å². The SMILES string of the molecule is O=C1N(c2ccc(O)c(Cl)c2)CC2(CCCCC2)N1C1CC1. The quantitative estimate of drug-likeness (QED) is 0.889. The molecule has 0 radical (unpaired) electrons. The first kappa shape index (κ1) is 14.2. The van der Waals surface area contributed by atoms with Crippen molar-refractivity contribution in [3.8, 4) is 5.75 Å². The molecule has 5 heteroatoms. The number of nitrogens with zero attached hydrogens (tertiary/aromatic N) is 2. The number of benzene rings is 1. The molecule has 0 unspecified atom stereocenters. The van der Waals surface area contributed by atoms with E-state index < -0.39 is 0 Å². The van der Waals surface area contributed by atoms with Crippen LogP contribution >= 0.6 is 11.6 Å². The van der Waals surface area contributed by atoms with Gasteiger partial charge in [-0.05, 0) is 43.9 Å². The Hall–Kier alpha value is -1.42. The molecule has 22 heavy (non-hydrogen) atoms. The van der Waals surface area contributed by atoms with E-state index in [-0.39, 0.29) is 17.3 Å². The van der Waals surface area contributed by atoms with Gasteiger partial charge < -0.3 is 10.0 Å². The molecule has 3 fully saturated rings. The van der Waals surface area contributed by atoms with Crippen molar-refractivity contribution in [2.24, 2.45) is 0 Å². The third kappa shape index (κ3) is 2.16. The van der Waals surface area contributed by atoms with Crippen LogP contribution in [0.1, 0.15) is 44.9 Å². The molecule has 1 saturated heterocycles. The summed E-state index contributed by atoms with van der Waals surface area (Å²) in [5, 5.41) is 9.90. The highest BCUT2D eigenvalue weighted by molar-refractivity contribution is 6.32. The van der Waals surface area contributed by atoms with Gasteiger partial charge in [0.1, 0.15) is 5.75 Å². The highest BCUT2D eigenvalue weighted by atomic mass is 35.5. The summed E-state index contributed by atoms with van der Waals surface area (Å²) >= 11 is 6.03. The molecule has 1 spiro atoms. The van der Waals surface area contributed by atoms with E-state index in [1.807, 2.05) is 4.90 Å². The lowest BCUT2D eigenvalue weighted by Crippen LogP contribution is -2.49. The molecule has 0 aromatic heterocycles. The number of phenols is 1. The molecule has 1 aromatic carbocycles. The fourth-order valence-corrected chi connectivity index (χ4v) is 4.30. The van der Waals surface area contributed by atoms with Gasteiger partial charge in [-0.1, -0.05) is 30.9 Å². The lowest BCUT2D eigenvalue weighted by Gasteiger charge is -2.40. The van der Waals surface area contributed by atoms with Crippen LogP contribution in [0.4, 0.5) is 10.5 Å². The van der Waals surface area contributed by atoms with Crippen molar-refractivity contribution in [2.75, 3.05) is 11.4 Å². The second-order valence-electron chi connectivity index (χ2n) is 6.89. The van der Waals surface area contributed by atoms with Gasteiger partial charge in [-0.25, -0.2) is 4.79 Å². The molecular formula is C17H21ClN2O2. The Bertz CT molecular complexity index is 609. The number of hydrogen-bond donors (Lipinski definition) is 1. The molecule has 1 aliphatic heterocycles. The second kappa shape index (κ2) is 5.05. The van der Waals surface area contributed by atoms with Gasteiger partial charge in [-0.2, -0.15) is 0 Å². The Morgan fingerprint density at radius 3 is 2.55 bits per heavy atom. The monoisotopic (exact) mass is 320 g/mol. The van der Waals surface area contributed by atoms with E-state index in [0.717, 1.165) is 37.9 Å². The summed E-state index contributed by atoms with van der Waals surface area (Å²) in [6, 6.07) is 5.60. The van der Waals surface area contributed by atoms with Crippen molar-refractivity contribution in [1.29, 1.82) is 0 Å². The fraction of sp³-hybridized carbons (Fsp3) is 0.588. The van der Waals surface area contributed by atoms with Gasteiger partial charge in [0.05, 0.1) is 17.1 Å². The van der Waals surface area contributed by atoms with Crippen molar-refractivity contribution >= 4 is 23.3 Å². The molecule has 1 heterocycles. The van der Waals surface area contributed by atoms with Crippen LogP contribution in [-0.2, 0) is 0 Å². The molecule has 4 rings (SSSR count). The van der Waals surface area contributed by atoms with Crippen molar-refractivity contribution in [2.45, 2.75) is 56.5 Å². The average Bonchev–Trinajstić information content (AvgIpc) is 3.30. The molecule has 4 nitrogen and oxygen atoms in total. The Kier molecular flexibility index (Phi) is 3.26. The summed E-state index contributed by atoms with van der Waals surface area (Å²) in [6.45, 7) is 0.753. The van der Waals surface area contributed by atoms with Gasteiger partial charge in [0, 0.05) is 11.7 Å². The summed E-state index contributed by atoms with van der Waals surface area (Å²) in [4.78, 5) is 17.0. The Labute approximate surface area is 135 Å². The number of amides is 2. The largest absolute Gasteiger partial charge is 0.506 e. The number of carbonyl (C=O) groups excluding carboxylic acids is 1. The molecule has 1 aromatic rings. The van der Waals surface area contributed by atoms with Crippen LogP contribution in [0.3, 0.4) is 0 Å². The molecule has 118 valence electrons. The van der Waals surface area contributed by atoms with E-state index in [1.54, 1.807) is 18.2 Å². The average molecular weight is 321 g/mol. The van der Waals surface area contributed by atoms with Gasteiger partial charge in [-0.3, -0.25) is 4.90 Å². The van der Waals surface area contributed by atoms with Crippen LogP contribution in [0.15, 0.2) is 18.2 Å². The van der Waals surface area contributed by atoms with Crippen molar-refractivity contribution in [3.05, 3.63) is 23.2 Å². The first-order valence-electron chi connectivity index (χ1n) is 8.20. The van der Waals surface area contributed by atoms with Gasteiger partial charge in [0.25, 0.3) is 0 Å². The number of halogens is 1. The highest BCUT2D eigenvalue weighted by Crippen LogP contribution is 2.47. The zero-order valence-electron chi connectivity index (χ0n) is 12.6. The third-order valence-electron chi connectivity index (χ3n) is 5.34. The number of aromatic hydroxyl groups is 1. The lowest BCUT2D eigenvalue weighted by atomic mass is 9.81. The van der Waals surface area contributed by atoms with E-state index in [4.69, 9.17) is 11.6 Å². The van der Waals surface area contributed by atoms with E-state index in [1.165, 1.54) is 19.3 Å². The Balaban J connectivity index is 1.69. The topological polar surface area (TPSA) is 43.8 Å². The van der Waals surface area contributed by atoms with Crippen LogP contribution in [0.5, 0.6) is 5.75 Å². The van der Waals surface area contributed by atoms with Crippen LogP contribution < -0.4 is 4.90 Å². The number of anilines is 1. The first-order valence-corrected chi connectivity index (χ1v) is 8.58. The van der Waals surface area contributed by atoms with E-state index in [9.17, 15) is 9.90 Å². The zero-order chi connectivity index (χ0) is 15.3. The fourth-order valence-electron chi connectivity index (χ4n) is 4.12. The highest BCUT2D eigenvalue weighted by Gasteiger charge is 2.54. The van der Waals surface area contributed by atoms with Gasteiger partial charge in [0.15, 0.2) is 0 Å². The van der Waals surface area contributed by atoms with Crippen molar-refractivity contribution < 1.29 is 9.90 Å². The van der Waals surface area contributed by atoms with Gasteiger partial charge in [0.2, 0.25) is 0 Å². The first-order chi connectivity index (χ1) is 10.6. The summed E-state index contributed by atoms with van der Waals surface area (Å²) in [5.41, 5.74) is 0.807. The van der Waals surface area contributed by atoms with Gasteiger partial charge in [-0.15, -0.1) is 0 Å². The minimum absolute atomic E-state index is 0.0147. The number of carbonyl (C=O) groups is 1. The summed E-state index contributed by atoms with van der Waals surface area (Å²) in [7, 11) is 0. The molecule has 2 amide bonds. The standard InChI is InChI=1S/C17H21ClN2O2/c18-14-10-13(6-7-15(14)21)19-11-17(8-2-1-3-9-17)20(16(19)22)12-4-5-12/h6-7,10,12,21H,1-5,8-9,11H2. The predicted octanol–water partition coefficient (Wildman–Crippen LogP) is 4.15. The number of rotatable bonds is 2. The maximum absolute atomic E-state index is 13.0. The smallest absolute Gasteiger partial charge is 0.325 e. The van der Waals surface area contributed by atoms with Crippen LogP contribution in [0.25, 0.3) is 0 Å². The van der Waals surface area contributed by atoms with E-state index in [0.29, 0.717) is 11.1 Å². The summed E-state index contributed by atoms with van der Waals surface area (Å²) in [6.07, 6.45) is 8.19. The minimum Gasteiger partial charge on any atom is -0.506 e. The van der Waals surface area contributed by atoms with Crippen molar-refractivity contribution in [3.63, 3.8) is 0 Å². The molecule has 0 atom stereocenters. The van der Waals surface area contributed by atoms with Gasteiger partial charge >= 0.3 is 6.03 Å². The normalized spacial score (nSPS) is 24.3. The molecule has 2 aliphatic carbocycles. The molecule has 2 saturated carbocycles. The Morgan fingerprint density at radius 1 is 1.18 bits per heavy atom. The molecular weight excluding hydrogens is 300 g/mol. The molecule has 1 N–H and O–H groups in total. The molecule has 3 aliphatic rings. The number of hydrogen-bond acceptors (Lipinski definition) is 2. The lowest BCUT2D eigenvalue weighted by molar-refractivity contribution is 0.113. The summed E-state index contributed by atoms with van der Waals surface area (Å²) < 4.78 is 0. The third-order valence-corrected chi connectivity index (χ3v) is 5.64. The maximum Gasteiger partial charge on any atom is 0.325 e. The number of urea groups is 1. The summed E-state index contributed by atoms with van der Waals surface area (Å²) in [5.74, 6) is 0.0588. The van der Waals surface area contributed by atoms with Crippen LogP contribution in [0, 0.1) is 0 Å². The minimum atomic E-state index is 0.0147. The van der Waals surface area contributed by atoms with Crippen LogP contribution in [-0.4, -0.2) is 34.2 Å². The number of phenolic OH excluding ortho intramolecular Hbond substituents is 1. The zero-order valence-corrected chi connectivity index (χ0v) is 13.4. The maximum atomic E-state index is 13.0. The van der Waals surface area contributed by atoms with E-state index in [2.05, 4.69) is 4.90 Å². The van der Waals surface area contributed by atoms with E-state index >= 15 is 0 Å². The van der Waals surface area contributed by atoms with Crippen molar-refractivity contribution in [1.82, 2.24) is 4.90 Å².